The molecule has 0 saturated carbocycles. The van der Waals surface area contributed by atoms with Crippen molar-refractivity contribution in [3.05, 3.63) is 63.2 Å². The Morgan fingerprint density at radius 3 is 2.38 bits per heavy atom. The van der Waals surface area contributed by atoms with Crippen LogP contribution in [-0.2, 0) is 9.53 Å². The molecule has 0 aliphatic rings. The van der Waals surface area contributed by atoms with Crippen LogP contribution in [0.15, 0.2) is 48.5 Å². The molecule has 1 unspecified atom stereocenters. The largest absolute Gasteiger partial charge is 0.481 e. The van der Waals surface area contributed by atoms with Crippen molar-refractivity contribution < 1.29 is 19.1 Å². The highest BCUT2D eigenvalue weighted by Crippen LogP contribution is 2.23. The number of halogens is 1. The molecule has 0 aliphatic heterocycles. The van der Waals surface area contributed by atoms with Gasteiger partial charge in [-0.3, -0.25) is 9.59 Å². The van der Waals surface area contributed by atoms with Crippen LogP contribution in [0.3, 0.4) is 0 Å². The summed E-state index contributed by atoms with van der Waals surface area (Å²) in [6.45, 7) is 1.96. The van der Waals surface area contributed by atoms with Gasteiger partial charge < -0.3 is 9.47 Å². The first kappa shape index (κ1) is 18.4. The molecule has 2 aromatic rings. The molecule has 5 heteroatoms. The number of ketones is 1. The zero-order chi connectivity index (χ0) is 17.5. The van der Waals surface area contributed by atoms with E-state index in [-0.39, 0.29) is 24.6 Å². The molecular weight excluding hydrogens is 419 g/mol. The third kappa shape index (κ3) is 5.06. The molecule has 0 saturated heterocycles. The lowest BCUT2D eigenvalue weighted by atomic mass is 10.0. The Kier molecular flexibility index (Phi) is 6.78. The summed E-state index contributed by atoms with van der Waals surface area (Å²) in [5, 5.41) is 0. The molecular formula is C19H19IO4. The Labute approximate surface area is 155 Å². The van der Waals surface area contributed by atoms with Crippen LogP contribution in [0.25, 0.3) is 0 Å². The number of para-hydroxylation sites is 1. The predicted molar refractivity (Wildman–Crippen MR) is 100 cm³/mol. The van der Waals surface area contributed by atoms with Crippen LogP contribution >= 0.6 is 22.6 Å². The van der Waals surface area contributed by atoms with Gasteiger partial charge >= 0.3 is 5.97 Å². The number of Topliss-reactive ketones (excluding diaryl/α,β-unsaturated/α-hetero) is 1. The van der Waals surface area contributed by atoms with Crippen LogP contribution in [0, 0.1) is 10.5 Å². The van der Waals surface area contributed by atoms with Crippen molar-refractivity contribution in [2.24, 2.45) is 0 Å². The number of benzene rings is 2. The van der Waals surface area contributed by atoms with Crippen molar-refractivity contribution in [2.75, 3.05) is 7.11 Å². The third-order valence-electron chi connectivity index (χ3n) is 3.57. The van der Waals surface area contributed by atoms with Crippen LogP contribution in [0.1, 0.15) is 28.8 Å². The number of carbonyl (C=O) groups excluding carboxylic acids is 2. The Morgan fingerprint density at radius 2 is 1.75 bits per heavy atom. The standard InChI is InChI=1S/C19H19IO4/c1-13-7-9-14(10-8-13)19(22)17(11-12-18(21)23-2)24-16-6-4-3-5-15(16)20/h3-10,17H,11-12H2,1-2H3. The van der Waals surface area contributed by atoms with Gasteiger partial charge in [-0.25, -0.2) is 0 Å². The molecule has 0 fully saturated rings. The Morgan fingerprint density at radius 1 is 1.08 bits per heavy atom. The van der Waals surface area contributed by atoms with Crippen molar-refractivity contribution in [1.82, 2.24) is 0 Å². The van der Waals surface area contributed by atoms with E-state index < -0.39 is 6.10 Å². The van der Waals surface area contributed by atoms with Crippen molar-refractivity contribution in [1.29, 1.82) is 0 Å². The second-order valence-corrected chi connectivity index (χ2v) is 6.54. The predicted octanol–water partition coefficient (Wildman–Crippen LogP) is 4.18. The number of hydrogen-bond donors (Lipinski definition) is 0. The SMILES string of the molecule is COC(=O)CCC(Oc1ccccc1I)C(=O)c1ccc(C)cc1. The zero-order valence-electron chi connectivity index (χ0n) is 13.6. The molecule has 2 aromatic carbocycles. The van der Waals surface area contributed by atoms with E-state index in [1.807, 2.05) is 43.3 Å². The summed E-state index contributed by atoms with van der Waals surface area (Å²) in [6, 6.07) is 14.8. The Hall–Kier alpha value is -1.89. The van der Waals surface area contributed by atoms with E-state index in [0.717, 1.165) is 9.13 Å². The second-order valence-electron chi connectivity index (χ2n) is 5.38. The first-order valence-corrected chi connectivity index (χ1v) is 8.68. The van der Waals surface area contributed by atoms with E-state index in [2.05, 4.69) is 27.3 Å². The monoisotopic (exact) mass is 438 g/mol. The third-order valence-corrected chi connectivity index (χ3v) is 4.46. The van der Waals surface area contributed by atoms with E-state index in [1.54, 1.807) is 12.1 Å². The lowest BCUT2D eigenvalue weighted by Gasteiger charge is -2.19. The number of rotatable bonds is 7. The molecule has 1 atom stereocenters. The van der Waals surface area contributed by atoms with E-state index in [9.17, 15) is 9.59 Å². The van der Waals surface area contributed by atoms with Gasteiger partial charge in [0.15, 0.2) is 6.10 Å². The number of methoxy groups -OCH3 is 1. The summed E-state index contributed by atoms with van der Waals surface area (Å²) in [6.07, 6.45) is -0.338. The van der Waals surface area contributed by atoms with Crippen LogP contribution < -0.4 is 4.74 Å². The zero-order valence-corrected chi connectivity index (χ0v) is 15.8. The van der Waals surface area contributed by atoms with Crippen LogP contribution in [-0.4, -0.2) is 25.0 Å². The molecule has 0 spiro atoms. The summed E-state index contributed by atoms with van der Waals surface area (Å²) in [7, 11) is 1.33. The smallest absolute Gasteiger partial charge is 0.305 e. The summed E-state index contributed by atoms with van der Waals surface area (Å²) in [5.41, 5.74) is 1.65. The molecule has 0 radical (unpaired) electrons. The molecule has 0 aromatic heterocycles. The molecule has 0 amide bonds. The molecule has 0 aliphatic carbocycles. The summed E-state index contributed by atoms with van der Waals surface area (Å²) < 4.78 is 11.5. The van der Waals surface area contributed by atoms with Crippen molar-refractivity contribution in [2.45, 2.75) is 25.9 Å². The second kappa shape index (κ2) is 8.82. The highest BCUT2D eigenvalue weighted by Gasteiger charge is 2.24. The van der Waals surface area contributed by atoms with E-state index in [1.165, 1.54) is 7.11 Å². The number of esters is 1. The minimum absolute atomic E-state index is 0.127. The number of ether oxygens (including phenoxy) is 2. The fourth-order valence-electron chi connectivity index (χ4n) is 2.19. The van der Waals surface area contributed by atoms with Gasteiger partial charge in [0.05, 0.1) is 10.7 Å². The van der Waals surface area contributed by atoms with Gasteiger partial charge in [0.1, 0.15) is 5.75 Å². The van der Waals surface area contributed by atoms with Gasteiger partial charge in [0.2, 0.25) is 5.78 Å². The first-order valence-electron chi connectivity index (χ1n) is 7.60. The average Bonchev–Trinajstić information content (AvgIpc) is 2.59. The highest BCUT2D eigenvalue weighted by molar-refractivity contribution is 14.1. The van der Waals surface area contributed by atoms with Crippen LogP contribution in [0.4, 0.5) is 0 Å². The lowest BCUT2D eigenvalue weighted by molar-refractivity contribution is -0.141. The number of hydrogen-bond acceptors (Lipinski definition) is 4. The number of carbonyl (C=O) groups is 2. The summed E-state index contributed by atoms with van der Waals surface area (Å²) >= 11 is 2.16. The molecule has 24 heavy (non-hydrogen) atoms. The fraction of sp³-hybridized carbons (Fsp3) is 0.263. The van der Waals surface area contributed by atoms with Gasteiger partial charge in [0, 0.05) is 18.4 Å². The van der Waals surface area contributed by atoms with Gasteiger partial charge in [-0.2, -0.15) is 0 Å². The minimum Gasteiger partial charge on any atom is -0.481 e. The van der Waals surface area contributed by atoms with E-state index in [0.29, 0.717) is 11.3 Å². The van der Waals surface area contributed by atoms with E-state index in [4.69, 9.17) is 4.74 Å². The van der Waals surface area contributed by atoms with Gasteiger partial charge in [-0.15, -0.1) is 0 Å². The summed E-state index contributed by atoms with van der Waals surface area (Å²) in [5.74, 6) is 0.134. The van der Waals surface area contributed by atoms with Gasteiger partial charge in [-0.05, 0) is 41.6 Å². The maximum absolute atomic E-state index is 12.8. The quantitative estimate of drug-likeness (QED) is 0.370. The highest BCUT2D eigenvalue weighted by atomic mass is 127. The van der Waals surface area contributed by atoms with Crippen LogP contribution in [0.2, 0.25) is 0 Å². The van der Waals surface area contributed by atoms with Crippen LogP contribution in [0.5, 0.6) is 5.75 Å². The molecule has 0 N–H and O–H groups in total. The van der Waals surface area contributed by atoms with E-state index >= 15 is 0 Å². The fourth-order valence-corrected chi connectivity index (χ4v) is 2.71. The van der Waals surface area contributed by atoms with Crippen molar-refractivity contribution >= 4 is 34.3 Å². The first-order chi connectivity index (χ1) is 11.5. The maximum Gasteiger partial charge on any atom is 0.305 e. The molecule has 0 heterocycles. The molecule has 2 rings (SSSR count). The molecule has 126 valence electrons. The topological polar surface area (TPSA) is 52.6 Å². The Balaban J connectivity index is 2.21. The summed E-state index contributed by atoms with van der Waals surface area (Å²) in [4.78, 5) is 24.2. The normalized spacial score (nSPS) is 11.6. The lowest BCUT2D eigenvalue weighted by Crippen LogP contribution is -2.29. The molecule has 0 bridgehead atoms. The van der Waals surface area contributed by atoms with Gasteiger partial charge in [0.25, 0.3) is 0 Å². The van der Waals surface area contributed by atoms with Crippen molar-refractivity contribution in [3.8, 4) is 5.75 Å². The maximum atomic E-state index is 12.8. The van der Waals surface area contributed by atoms with Gasteiger partial charge in [-0.1, -0.05) is 42.0 Å². The van der Waals surface area contributed by atoms with Crippen molar-refractivity contribution in [3.63, 3.8) is 0 Å². The number of aryl methyl sites for hydroxylation is 1. The minimum atomic E-state index is -0.734. The molecule has 4 nitrogen and oxygen atoms in total. The Bertz CT molecular complexity index is 710. The average molecular weight is 438 g/mol.